The summed E-state index contributed by atoms with van der Waals surface area (Å²) in [6.45, 7) is 7.94. The molecule has 1 saturated heterocycles. The van der Waals surface area contributed by atoms with Crippen LogP contribution in [0, 0.1) is 0 Å². The van der Waals surface area contributed by atoms with Crippen molar-refractivity contribution in [3.05, 3.63) is 113 Å². The predicted molar refractivity (Wildman–Crippen MR) is 150 cm³/mol. The van der Waals surface area contributed by atoms with Crippen molar-refractivity contribution >= 4 is 17.9 Å². The van der Waals surface area contributed by atoms with Crippen LogP contribution in [0.2, 0.25) is 0 Å². The van der Waals surface area contributed by atoms with Gasteiger partial charge in [0.25, 0.3) is 0 Å². The normalized spacial score (nSPS) is 16.5. The molecule has 1 fully saturated rings. The number of amides is 2. The lowest BCUT2D eigenvalue weighted by Crippen LogP contribution is -2.48. The molecule has 4 rings (SSSR count). The zero-order chi connectivity index (χ0) is 26.0. The maximum atomic E-state index is 14.2. The average Bonchev–Trinajstić information content (AvgIpc) is 3.37. The minimum Gasteiger partial charge on any atom is -0.353 e. The van der Waals surface area contributed by atoms with Crippen molar-refractivity contribution in [1.29, 1.82) is 0 Å². The summed E-state index contributed by atoms with van der Waals surface area (Å²) in [6.07, 6.45) is 2.65. The lowest BCUT2D eigenvalue weighted by Gasteiger charge is -2.29. The molecular formula is C32H37N3O2. The Kier molecular flexibility index (Phi) is 9.28. The van der Waals surface area contributed by atoms with E-state index in [0.717, 1.165) is 41.9 Å². The Balaban J connectivity index is 1.62. The molecule has 5 nitrogen and oxygen atoms in total. The first-order valence-corrected chi connectivity index (χ1v) is 13.3. The second-order valence-electron chi connectivity index (χ2n) is 9.47. The summed E-state index contributed by atoms with van der Waals surface area (Å²) < 4.78 is 0. The number of benzene rings is 3. The number of hydrogen-bond acceptors (Lipinski definition) is 3. The zero-order valence-corrected chi connectivity index (χ0v) is 21.8. The molecule has 37 heavy (non-hydrogen) atoms. The highest BCUT2D eigenvalue weighted by Gasteiger charge is 2.40. The standard InChI is InChI=1S/C32H37N3O2/c1-3-34(4-2)21-20-33-31(36)29-23-26(22-25-14-8-5-9-15-25)24-35(29)32(37)30(27-16-10-6-11-17-27)28-18-12-7-13-19-28/h5-19,22,29-30H,3-4,20-21,23-24H2,1-2H3,(H,33,36)/b26-22-/t29-/m0/s1. The first kappa shape index (κ1) is 26.4. The maximum absolute atomic E-state index is 14.2. The summed E-state index contributed by atoms with van der Waals surface area (Å²) in [5.74, 6) is -0.598. The van der Waals surface area contributed by atoms with Crippen LogP contribution in [0.15, 0.2) is 96.6 Å². The number of carbonyl (C=O) groups excluding carboxylic acids is 2. The number of likely N-dealkylation sites (tertiary alicyclic amines) is 1. The topological polar surface area (TPSA) is 52.7 Å². The number of nitrogens with one attached hydrogen (secondary N) is 1. The molecule has 1 heterocycles. The van der Waals surface area contributed by atoms with E-state index in [-0.39, 0.29) is 11.8 Å². The average molecular weight is 496 g/mol. The van der Waals surface area contributed by atoms with E-state index in [0.29, 0.717) is 19.5 Å². The van der Waals surface area contributed by atoms with E-state index >= 15 is 0 Å². The quantitative estimate of drug-likeness (QED) is 0.433. The number of nitrogens with zero attached hydrogens (tertiary/aromatic N) is 2. The smallest absolute Gasteiger partial charge is 0.243 e. The molecular weight excluding hydrogens is 458 g/mol. The van der Waals surface area contributed by atoms with Gasteiger partial charge >= 0.3 is 0 Å². The van der Waals surface area contributed by atoms with E-state index < -0.39 is 12.0 Å². The van der Waals surface area contributed by atoms with Crippen LogP contribution in [0.4, 0.5) is 0 Å². The van der Waals surface area contributed by atoms with E-state index in [1.54, 1.807) is 4.90 Å². The van der Waals surface area contributed by atoms with Gasteiger partial charge in [0, 0.05) is 19.6 Å². The van der Waals surface area contributed by atoms with Crippen molar-refractivity contribution in [1.82, 2.24) is 15.1 Å². The molecule has 3 aromatic carbocycles. The third-order valence-corrected chi connectivity index (χ3v) is 7.10. The molecule has 1 atom stereocenters. The molecule has 0 spiro atoms. The Bertz CT molecular complexity index is 1130. The van der Waals surface area contributed by atoms with Crippen LogP contribution < -0.4 is 5.32 Å². The van der Waals surface area contributed by atoms with Gasteiger partial charge in [-0.3, -0.25) is 9.59 Å². The first-order chi connectivity index (χ1) is 18.1. The molecule has 0 bridgehead atoms. The lowest BCUT2D eigenvalue weighted by molar-refractivity contribution is -0.138. The van der Waals surface area contributed by atoms with Gasteiger partial charge in [-0.05, 0) is 41.8 Å². The molecule has 5 heteroatoms. The molecule has 0 aliphatic carbocycles. The molecule has 3 aromatic rings. The van der Waals surface area contributed by atoms with E-state index in [2.05, 4.69) is 30.1 Å². The molecule has 1 N–H and O–H groups in total. The minimum atomic E-state index is -0.533. The van der Waals surface area contributed by atoms with Gasteiger partial charge in [-0.1, -0.05) is 111 Å². The van der Waals surface area contributed by atoms with Crippen LogP contribution in [-0.4, -0.2) is 60.4 Å². The van der Waals surface area contributed by atoms with Crippen LogP contribution >= 0.6 is 0 Å². The van der Waals surface area contributed by atoms with Crippen LogP contribution in [0.25, 0.3) is 6.08 Å². The molecule has 1 aliphatic rings. The number of rotatable bonds is 10. The summed E-state index contributed by atoms with van der Waals surface area (Å²) in [4.78, 5) is 31.8. The summed E-state index contributed by atoms with van der Waals surface area (Å²) in [6, 6.07) is 29.3. The molecule has 0 unspecified atom stereocenters. The largest absolute Gasteiger partial charge is 0.353 e. The fourth-order valence-corrected chi connectivity index (χ4v) is 5.04. The van der Waals surface area contributed by atoms with Gasteiger partial charge in [-0.25, -0.2) is 0 Å². The van der Waals surface area contributed by atoms with Crippen LogP contribution in [0.5, 0.6) is 0 Å². The third-order valence-electron chi connectivity index (χ3n) is 7.10. The fourth-order valence-electron chi connectivity index (χ4n) is 5.04. The first-order valence-electron chi connectivity index (χ1n) is 13.3. The van der Waals surface area contributed by atoms with Crippen molar-refractivity contribution in [3.63, 3.8) is 0 Å². The predicted octanol–water partition coefficient (Wildman–Crippen LogP) is 4.96. The van der Waals surface area contributed by atoms with Crippen LogP contribution in [0.1, 0.15) is 42.9 Å². The molecule has 192 valence electrons. The van der Waals surface area contributed by atoms with Gasteiger partial charge in [0.15, 0.2) is 0 Å². The lowest BCUT2D eigenvalue weighted by atomic mass is 9.90. The molecule has 2 amide bonds. The molecule has 0 radical (unpaired) electrons. The highest BCUT2D eigenvalue weighted by molar-refractivity contribution is 5.94. The van der Waals surface area contributed by atoms with Crippen molar-refractivity contribution < 1.29 is 9.59 Å². The second kappa shape index (κ2) is 13.0. The summed E-state index contributed by atoms with van der Waals surface area (Å²) in [5.41, 5.74) is 4.03. The van der Waals surface area contributed by atoms with E-state index in [1.807, 2.05) is 91.0 Å². The molecule has 0 aromatic heterocycles. The van der Waals surface area contributed by atoms with E-state index in [1.165, 1.54) is 0 Å². The van der Waals surface area contributed by atoms with Crippen molar-refractivity contribution in [2.45, 2.75) is 32.2 Å². The summed E-state index contributed by atoms with van der Waals surface area (Å²) in [5, 5.41) is 3.11. The van der Waals surface area contributed by atoms with Gasteiger partial charge < -0.3 is 15.1 Å². The third kappa shape index (κ3) is 6.75. The number of hydrogen-bond donors (Lipinski definition) is 1. The highest BCUT2D eigenvalue weighted by Crippen LogP contribution is 2.32. The van der Waals surface area contributed by atoms with Gasteiger partial charge in [-0.2, -0.15) is 0 Å². The van der Waals surface area contributed by atoms with Crippen molar-refractivity contribution in [3.8, 4) is 0 Å². The van der Waals surface area contributed by atoms with Gasteiger partial charge in [0.1, 0.15) is 6.04 Å². The Labute approximate surface area is 220 Å². The van der Waals surface area contributed by atoms with Crippen molar-refractivity contribution in [2.24, 2.45) is 0 Å². The number of likely N-dealkylation sites (N-methyl/N-ethyl adjacent to an activating group) is 1. The van der Waals surface area contributed by atoms with Crippen LogP contribution in [0.3, 0.4) is 0 Å². The summed E-state index contributed by atoms with van der Waals surface area (Å²) in [7, 11) is 0. The Hall–Kier alpha value is -3.70. The SMILES string of the molecule is CCN(CC)CCNC(=O)[C@@H]1C/C(=C/c2ccccc2)CN1C(=O)C(c1ccccc1)c1ccccc1. The van der Waals surface area contributed by atoms with E-state index in [4.69, 9.17) is 0 Å². The monoisotopic (exact) mass is 495 g/mol. The number of carbonyl (C=O) groups is 2. The highest BCUT2D eigenvalue weighted by atomic mass is 16.2. The van der Waals surface area contributed by atoms with Crippen LogP contribution in [-0.2, 0) is 9.59 Å². The van der Waals surface area contributed by atoms with E-state index in [9.17, 15) is 9.59 Å². The second-order valence-corrected chi connectivity index (χ2v) is 9.47. The van der Waals surface area contributed by atoms with Gasteiger partial charge in [0.05, 0.1) is 5.92 Å². The van der Waals surface area contributed by atoms with Gasteiger partial charge in [-0.15, -0.1) is 0 Å². The Morgan fingerprint density at radius 3 is 1.97 bits per heavy atom. The minimum absolute atomic E-state index is 0.0437. The Morgan fingerprint density at radius 2 is 1.43 bits per heavy atom. The van der Waals surface area contributed by atoms with Gasteiger partial charge in [0.2, 0.25) is 11.8 Å². The summed E-state index contributed by atoms with van der Waals surface area (Å²) >= 11 is 0. The Morgan fingerprint density at radius 1 is 0.892 bits per heavy atom. The maximum Gasteiger partial charge on any atom is 0.243 e. The van der Waals surface area contributed by atoms with Crippen molar-refractivity contribution in [2.75, 3.05) is 32.7 Å². The zero-order valence-electron chi connectivity index (χ0n) is 21.8. The molecule has 1 aliphatic heterocycles. The fraction of sp³-hybridized carbons (Fsp3) is 0.312. The molecule has 0 saturated carbocycles.